The number of hydrogen-bond acceptors (Lipinski definition) is 1. The summed E-state index contributed by atoms with van der Waals surface area (Å²) in [7, 11) is 0. The van der Waals surface area contributed by atoms with Crippen LogP contribution in [0.25, 0.3) is 0 Å². The normalized spacial score (nSPS) is 24.7. The lowest BCUT2D eigenvalue weighted by Gasteiger charge is -2.27. The number of benzene rings is 1. The first-order chi connectivity index (χ1) is 7.01. The molecule has 4 heteroatoms. The van der Waals surface area contributed by atoms with Crippen LogP contribution in [0.1, 0.15) is 17.5 Å². The second-order valence-electron chi connectivity index (χ2n) is 3.86. The lowest BCUT2D eigenvalue weighted by atomic mass is 9.82. The SMILES string of the molecule is O=C(O)C1(F)CCc2cc(Cl)ccc2C1. The van der Waals surface area contributed by atoms with Gasteiger partial charge in [0.25, 0.3) is 0 Å². The zero-order chi connectivity index (χ0) is 11.1. The quantitative estimate of drug-likeness (QED) is 0.802. The number of carboxylic acid groups (broad SMARTS) is 1. The summed E-state index contributed by atoms with van der Waals surface area (Å²) >= 11 is 5.80. The van der Waals surface area contributed by atoms with Gasteiger partial charge in [-0.1, -0.05) is 17.7 Å². The molecule has 0 heterocycles. The number of aryl methyl sites for hydroxylation is 1. The van der Waals surface area contributed by atoms with Crippen LogP contribution in [-0.2, 0) is 17.6 Å². The van der Waals surface area contributed by atoms with E-state index in [1.807, 2.05) is 0 Å². The molecule has 1 aromatic carbocycles. The highest BCUT2D eigenvalue weighted by atomic mass is 35.5. The van der Waals surface area contributed by atoms with Crippen LogP contribution in [0, 0.1) is 0 Å². The third-order valence-corrected chi connectivity index (χ3v) is 3.05. The fourth-order valence-electron chi connectivity index (χ4n) is 1.91. The van der Waals surface area contributed by atoms with E-state index in [4.69, 9.17) is 16.7 Å². The lowest BCUT2D eigenvalue weighted by Crippen LogP contribution is -2.39. The molecule has 1 N–H and O–H groups in total. The Morgan fingerprint density at radius 3 is 2.87 bits per heavy atom. The van der Waals surface area contributed by atoms with Crippen LogP contribution in [0.5, 0.6) is 0 Å². The highest BCUT2D eigenvalue weighted by molar-refractivity contribution is 6.30. The molecule has 1 aliphatic rings. The fourth-order valence-corrected chi connectivity index (χ4v) is 2.10. The van der Waals surface area contributed by atoms with Crippen molar-refractivity contribution in [2.45, 2.75) is 24.9 Å². The highest BCUT2D eigenvalue weighted by Crippen LogP contribution is 2.33. The van der Waals surface area contributed by atoms with Crippen molar-refractivity contribution in [3.8, 4) is 0 Å². The molecule has 0 aliphatic heterocycles. The van der Waals surface area contributed by atoms with E-state index in [1.54, 1.807) is 18.2 Å². The van der Waals surface area contributed by atoms with Crippen LogP contribution >= 0.6 is 11.6 Å². The van der Waals surface area contributed by atoms with Gasteiger partial charge in [-0.2, -0.15) is 0 Å². The van der Waals surface area contributed by atoms with Crippen molar-refractivity contribution in [3.63, 3.8) is 0 Å². The topological polar surface area (TPSA) is 37.3 Å². The lowest BCUT2D eigenvalue weighted by molar-refractivity contribution is -0.151. The van der Waals surface area contributed by atoms with Crippen LogP contribution < -0.4 is 0 Å². The van der Waals surface area contributed by atoms with Crippen LogP contribution in [0.4, 0.5) is 4.39 Å². The number of halogens is 2. The second-order valence-corrected chi connectivity index (χ2v) is 4.30. The van der Waals surface area contributed by atoms with Gasteiger partial charge < -0.3 is 5.11 Å². The largest absolute Gasteiger partial charge is 0.479 e. The Labute approximate surface area is 91.7 Å². The Morgan fingerprint density at radius 1 is 1.47 bits per heavy atom. The minimum atomic E-state index is -2.11. The Morgan fingerprint density at radius 2 is 2.20 bits per heavy atom. The molecule has 1 aromatic rings. The summed E-state index contributed by atoms with van der Waals surface area (Å²) in [5, 5.41) is 9.38. The van der Waals surface area contributed by atoms with Crippen molar-refractivity contribution in [3.05, 3.63) is 34.3 Å². The zero-order valence-corrected chi connectivity index (χ0v) is 8.72. The number of carboxylic acids is 1. The molecule has 1 atom stereocenters. The van der Waals surface area contributed by atoms with Crippen molar-refractivity contribution in [2.75, 3.05) is 0 Å². The highest BCUT2D eigenvalue weighted by Gasteiger charge is 2.41. The molecule has 15 heavy (non-hydrogen) atoms. The van der Waals surface area contributed by atoms with E-state index >= 15 is 0 Å². The number of carbonyl (C=O) groups is 1. The van der Waals surface area contributed by atoms with Gasteiger partial charge in [0.15, 0.2) is 0 Å². The van der Waals surface area contributed by atoms with Crippen LogP contribution in [0.15, 0.2) is 18.2 Å². The molecule has 0 saturated heterocycles. The number of fused-ring (bicyclic) bond motifs is 1. The Kier molecular flexibility index (Phi) is 2.43. The molecule has 0 fully saturated rings. The Hall–Kier alpha value is -1.09. The van der Waals surface area contributed by atoms with E-state index in [1.165, 1.54) is 0 Å². The monoisotopic (exact) mass is 228 g/mol. The van der Waals surface area contributed by atoms with Crippen molar-refractivity contribution in [1.82, 2.24) is 0 Å². The van der Waals surface area contributed by atoms with E-state index < -0.39 is 11.6 Å². The van der Waals surface area contributed by atoms with Gasteiger partial charge in [0, 0.05) is 11.4 Å². The average Bonchev–Trinajstić information content (AvgIpc) is 2.18. The predicted octanol–water partition coefficient (Wildman–Crippen LogP) is 2.62. The first kappa shape index (κ1) is 10.4. The van der Waals surface area contributed by atoms with Gasteiger partial charge >= 0.3 is 5.97 Å². The maximum absolute atomic E-state index is 13.8. The van der Waals surface area contributed by atoms with Gasteiger partial charge in [-0.25, -0.2) is 9.18 Å². The predicted molar refractivity (Wildman–Crippen MR) is 55.0 cm³/mol. The molecule has 0 bridgehead atoms. The van der Waals surface area contributed by atoms with Crippen LogP contribution in [0.3, 0.4) is 0 Å². The first-order valence-electron chi connectivity index (χ1n) is 4.71. The summed E-state index contributed by atoms with van der Waals surface area (Å²) < 4.78 is 13.8. The minimum absolute atomic E-state index is 0.0235. The van der Waals surface area contributed by atoms with E-state index in [2.05, 4.69) is 0 Å². The van der Waals surface area contributed by atoms with Gasteiger partial charge in [0.2, 0.25) is 5.67 Å². The number of alkyl halides is 1. The summed E-state index contributed by atoms with van der Waals surface area (Å²) in [5.41, 5.74) is -0.409. The summed E-state index contributed by atoms with van der Waals surface area (Å²) in [4.78, 5) is 10.8. The smallest absolute Gasteiger partial charge is 0.341 e. The first-order valence-corrected chi connectivity index (χ1v) is 5.09. The second kappa shape index (κ2) is 3.49. The summed E-state index contributed by atoms with van der Waals surface area (Å²) in [6, 6.07) is 5.14. The maximum atomic E-state index is 13.8. The average molecular weight is 229 g/mol. The van der Waals surface area contributed by atoms with Crippen molar-refractivity contribution in [1.29, 1.82) is 0 Å². The molecule has 80 valence electrons. The number of aliphatic carboxylic acids is 1. The fraction of sp³-hybridized carbons (Fsp3) is 0.364. The van der Waals surface area contributed by atoms with Crippen LogP contribution in [0.2, 0.25) is 5.02 Å². The number of hydrogen-bond donors (Lipinski definition) is 1. The van der Waals surface area contributed by atoms with E-state index in [-0.39, 0.29) is 12.8 Å². The molecule has 2 rings (SSSR count). The third kappa shape index (κ3) is 1.84. The van der Waals surface area contributed by atoms with Gasteiger partial charge in [0.1, 0.15) is 0 Å². The summed E-state index contributed by atoms with van der Waals surface area (Å²) in [5.74, 6) is -1.37. The Balaban J connectivity index is 2.35. The van der Waals surface area contributed by atoms with E-state index in [0.717, 1.165) is 11.1 Å². The Bertz CT molecular complexity index is 419. The van der Waals surface area contributed by atoms with Crippen molar-refractivity contribution >= 4 is 17.6 Å². The van der Waals surface area contributed by atoms with Crippen molar-refractivity contribution in [2.24, 2.45) is 0 Å². The van der Waals surface area contributed by atoms with E-state index in [0.29, 0.717) is 11.4 Å². The molecule has 1 aliphatic carbocycles. The van der Waals surface area contributed by atoms with Gasteiger partial charge in [-0.05, 0) is 36.1 Å². The maximum Gasteiger partial charge on any atom is 0.341 e. The third-order valence-electron chi connectivity index (χ3n) is 2.81. The molecule has 0 amide bonds. The molecule has 0 saturated carbocycles. The van der Waals surface area contributed by atoms with Gasteiger partial charge in [-0.15, -0.1) is 0 Å². The molecular formula is C11H10ClFO2. The molecule has 0 spiro atoms. The van der Waals surface area contributed by atoms with Crippen molar-refractivity contribution < 1.29 is 14.3 Å². The van der Waals surface area contributed by atoms with E-state index in [9.17, 15) is 9.18 Å². The van der Waals surface area contributed by atoms with Gasteiger partial charge in [0.05, 0.1) is 0 Å². The van der Waals surface area contributed by atoms with Gasteiger partial charge in [-0.3, -0.25) is 0 Å². The molecule has 0 radical (unpaired) electrons. The molecular weight excluding hydrogens is 219 g/mol. The van der Waals surface area contributed by atoms with Crippen LogP contribution in [-0.4, -0.2) is 16.7 Å². The summed E-state index contributed by atoms with van der Waals surface area (Å²) in [6.45, 7) is 0. The molecule has 1 unspecified atom stereocenters. The summed E-state index contributed by atoms with van der Waals surface area (Å²) in [6.07, 6.45) is 0.392. The molecule has 2 nitrogen and oxygen atoms in total. The standard InChI is InChI=1S/C11H10ClFO2/c12-9-2-1-8-6-11(13,10(14)15)4-3-7(8)5-9/h1-2,5H,3-4,6H2,(H,14,15). The minimum Gasteiger partial charge on any atom is -0.479 e. The zero-order valence-electron chi connectivity index (χ0n) is 7.96. The number of rotatable bonds is 1. The molecule has 0 aromatic heterocycles.